The third-order valence-electron chi connectivity index (χ3n) is 4.12. The summed E-state index contributed by atoms with van der Waals surface area (Å²) in [4.78, 5) is 17.2. The van der Waals surface area contributed by atoms with Gasteiger partial charge in [0.2, 0.25) is 0 Å². The van der Waals surface area contributed by atoms with Gasteiger partial charge in [-0.05, 0) is 31.4 Å². The topological polar surface area (TPSA) is 43.1 Å². The molecule has 0 fully saturated rings. The highest BCUT2D eigenvalue weighted by Gasteiger charge is 2.24. The van der Waals surface area contributed by atoms with E-state index in [1.54, 1.807) is 0 Å². The van der Waals surface area contributed by atoms with Gasteiger partial charge in [-0.1, -0.05) is 51.0 Å². The summed E-state index contributed by atoms with van der Waals surface area (Å²) >= 11 is 0. The molecule has 0 saturated carbocycles. The van der Waals surface area contributed by atoms with Gasteiger partial charge in [0.15, 0.2) is 11.7 Å². The zero-order valence-corrected chi connectivity index (χ0v) is 14.0. The Morgan fingerprint density at radius 1 is 1.23 bits per heavy atom. The SMILES string of the molecule is CCCCCc1nc(C(=O)C(C)c2ccccc2C)c(C)o1. The monoisotopic (exact) mass is 299 g/mol. The van der Waals surface area contributed by atoms with Crippen LogP contribution in [0.25, 0.3) is 0 Å². The first-order valence-electron chi connectivity index (χ1n) is 8.10. The summed E-state index contributed by atoms with van der Waals surface area (Å²) in [5, 5.41) is 0. The number of nitrogens with zero attached hydrogens (tertiary/aromatic N) is 1. The van der Waals surface area contributed by atoms with Crippen molar-refractivity contribution in [1.29, 1.82) is 0 Å². The minimum Gasteiger partial charge on any atom is -0.445 e. The summed E-state index contributed by atoms with van der Waals surface area (Å²) in [6.07, 6.45) is 4.18. The van der Waals surface area contributed by atoms with Gasteiger partial charge in [-0.2, -0.15) is 0 Å². The van der Waals surface area contributed by atoms with Crippen molar-refractivity contribution in [1.82, 2.24) is 4.98 Å². The zero-order valence-electron chi connectivity index (χ0n) is 14.0. The highest BCUT2D eigenvalue weighted by molar-refractivity contribution is 6.00. The van der Waals surface area contributed by atoms with Gasteiger partial charge in [0, 0.05) is 12.3 Å². The minimum atomic E-state index is -0.200. The molecule has 2 rings (SSSR count). The van der Waals surface area contributed by atoms with Gasteiger partial charge in [-0.15, -0.1) is 0 Å². The van der Waals surface area contributed by atoms with Gasteiger partial charge in [0.25, 0.3) is 0 Å². The predicted octanol–water partition coefficient (Wildman–Crippen LogP) is 5.01. The van der Waals surface area contributed by atoms with Crippen LogP contribution >= 0.6 is 0 Å². The van der Waals surface area contributed by atoms with Gasteiger partial charge in [-0.25, -0.2) is 4.98 Å². The Hall–Kier alpha value is -1.90. The number of ketones is 1. The molecule has 1 heterocycles. The molecular weight excluding hydrogens is 274 g/mol. The first-order chi connectivity index (χ1) is 10.5. The van der Waals surface area contributed by atoms with Crippen molar-refractivity contribution in [3.05, 3.63) is 52.7 Å². The van der Waals surface area contributed by atoms with Crippen LogP contribution in [0.3, 0.4) is 0 Å². The number of carbonyl (C=O) groups is 1. The third kappa shape index (κ3) is 3.65. The number of benzene rings is 1. The number of Topliss-reactive ketones (excluding diaryl/α,β-unsaturated/α-hetero) is 1. The maximum absolute atomic E-state index is 12.7. The van der Waals surface area contributed by atoms with Crippen molar-refractivity contribution in [2.45, 2.75) is 59.3 Å². The number of rotatable bonds is 7. The lowest BCUT2D eigenvalue weighted by atomic mass is 9.91. The summed E-state index contributed by atoms with van der Waals surface area (Å²) < 4.78 is 5.67. The second kappa shape index (κ2) is 7.39. The van der Waals surface area contributed by atoms with Crippen molar-refractivity contribution in [2.24, 2.45) is 0 Å². The molecule has 2 aromatic rings. The van der Waals surface area contributed by atoms with Crippen molar-refractivity contribution in [2.75, 3.05) is 0 Å². The fraction of sp³-hybridized carbons (Fsp3) is 0.474. The van der Waals surface area contributed by atoms with Crippen LogP contribution in [0.1, 0.15) is 72.3 Å². The highest BCUT2D eigenvalue weighted by atomic mass is 16.4. The van der Waals surface area contributed by atoms with E-state index in [0.717, 1.165) is 36.8 Å². The van der Waals surface area contributed by atoms with Crippen LogP contribution in [0.4, 0.5) is 0 Å². The summed E-state index contributed by atoms with van der Waals surface area (Å²) in [5.74, 6) is 1.16. The van der Waals surface area contributed by atoms with Crippen molar-refractivity contribution in [3.8, 4) is 0 Å². The molecule has 22 heavy (non-hydrogen) atoms. The van der Waals surface area contributed by atoms with Crippen LogP contribution in [-0.2, 0) is 6.42 Å². The second-order valence-electron chi connectivity index (χ2n) is 5.91. The smallest absolute Gasteiger partial charge is 0.195 e. The summed E-state index contributed by atoms with van der Waals surface area (Å²) in [5.41, 5.74) is 2.68. The molecule has 0 saturated heterocycles. The minimum absolute atomic E-state index is 0.0392. The molecule has 0 amide bonds. The lowest BCUT2D eigenvalue weighted by Crippen LogP contribution is -2.12. The van der Waals surface area contributed by atoms with Gasteiger partial charge in [0.05, 0.1) is 0 Å². The van der Waals surface area contributed by atoms with E-state index in [4.69, 9.17) is 4.42 Å². The molecule has 0 radical (unpaired) electrons. The molecule has 0 aliphatic heterocycles. The largest absolute Gasteiger partial charge is 0.445 e. The zero-order chi connectivity index (χ0) is 16.1. The standard InChI is InChI=1S/C19H25NO2/c1-5-6-7-12-17-20-18(15(4)22-17)19(21)14(3)16-11-9-8-10-13(16)2/h8-11,14H,5-7,12H2,1-4H3. The number of aryl methyl sites for hydroxylation is 3. The molecule has 3 nitrogen and oxygen atoms in total. The normalized spacial score (nSPS) is 12.4. The van der Waals surface area contributed by atoms with Crippen LogP contribution in [0.15, 0.2) is 28.7 Å². The molecule has 0 bridgehead atoms. The van der Waals surface area contributed by atoms with Crippen molar-refractivity contribution in [3.63, 3.8) is 0 Å². The van der Waals surface area contributed by atoms with E-state index in [-0.39, 0.29) is 11.7 Å². The summed E-state index contributed by atoms with van der Waals surface area (Å²) in [6.45, 7) is 7.97. The van der Waals surface area contributed by atoms with E-state index in [9.17, 15) is 4.79 Å². The van der Waals surface area contributed by atoms with Gasteiger partial charge in [0.1, 0.15) is 11.5 Å². The number of unbranched alkanes of at least 4 members (excludes halogenated alkanes) is 2. The lowest BCUT2D eigenvalue weighted by Gasteiger charge is -2.12. The Kier molecular flexibility index (Phi) is 5.53. The fourth-order valence-corrected chi connectivity index (χ4v) is 2.73. The van der Waals surface area contributed by atoms with Crippen molar-refractivity contribution >= 4 is 5.78 Å². The van der Waals surface area contributed by atoms with E-state index in [0.29, 0.717) is 17.3 Å². The molecule has 0 N–H and O–H groups in total. The number of hydrogen-bond acceptors (Lipinski definition) is 3. The maximum Gasteiger partial charge on any atom is 0.195 e. The summed E-state index contributed by atoms with van der Waals surface area (Å²) in [6, 6.07) is 8.00. The average Bonchev–Trinajstić information content (AvgIpc) is 2.87. The number of oxazole rings is 1. The highest BCUT2D eigenvalue weighted by Crippen LogP contribution is 2.25. The van der Waals surface area contributed by atoms with E-state index < -0.39 is 0 Å². The molecular formula is C19H25NO2. The van der Waals surface area contributed by atoms with Crippen LogP contribution in [-0.4, -0.2) is 10.8 Å². The van der Waals surface area contributed by atoms with Gasteiger partial charge >= 0.3 is 0 Å². The Balaban J connectivity index is 2.17. The van der Waals surface area contributed by atoms with E-state index in [1.165, 1.54) is 0 Å². The molecule has 1 aromatic heterocycles. The number of aromatic nitrogens is 1. The molecule has 3 heteroatoms. The second-order valence-corrected chi connectivity index (χ2v) is 5.91. The predicted molar refractivity (Wildman–Crippen MR) is 88.4 cm³/mol. The molecule has 0 aliphatic carbocycles. The van der Waals surface area contributed by atoms with Crippen LogP contribution in [0.5, 0.6) is 0 Å². The molecule has 0 aliphatic rings. The van der Waals surface area contributed by atoms with Crippen molar-refractivity contribution < 1.29 is 9.21 Å². The van der Waals surface area contributed by atoms with Gasteiger partial charge in [-0.3, -0.25) is 4.79 Å². The third-order valence-corrected chi connectivity index (χ3v) is 4.12. The van der Waals surface area contributed by atoms with E-state index in [1.807, 2.05) is 45.0 Å². The lowest BCUT2D eigenvalue weighted by molar-refractivity contribution is 0.0960. The average molecular weight is 299 g/mol. The molecule has 1 aromatic carbocycles. The van der Waals surface area contributed by atoms with Gasteiger partial charge < -0.3 is 4.42 Å². The fourth-order valence-electron chi connectivity index (χ4n) is 2.73. The molecule has 118 valence electrons. The quantitative estimate of drug-likeness (QED) is 0.533. The Labute approximate surface area is 132 Å². The van der Waals surface area contributed by atoms with Crippen LogP contribution in [0, 0.1) is 13.8 Å². The number of hydrogen-bond donors (Lipinski definition) is 0. The maximum atomic E-state index is 12.7. The first kappa shape index (κ1) is 16.5. The molecule has 1 unspecified atom stereocenters. The van der Waals surface area contributed by atoms with E-state index in [2.05, 4.69) is 11.9 Å². The summed E-state index contributed by atoms with van der Waals surface area (Å²) in [7, 11) is 0. The number of carbonyl (C=O) groups excluding carboxylic acids is 1. The van der Waals surface area contributed by atoms with E-state index >= 15 is 0 Å². The molecule has 0 spiro atoms. The Morgan fingerprint density at radius 3 is 2.64 bits per heavy atom. The Morgan fingerprint density at radius 2 is 1.95 bits per heavy atom. The van der Waals surface area contributed by atoms with Crippen LogP contribution in [0.2, 0.25) is 0 Å². The Bertz CT molecular complexity index is 643. The first-order valence-corrected chi connectivity index (χ1v) is 8.10. The van der Waals surface area contributed by atoms with Crippen LogP contribution < -0.4 is 0 Å². The molecule has 1 atom stereocenters.